The molecule has 3 aromatic carbocycles. The topological polar surface area (TPSA) is 142 Å². The Balaban J connectivity index is 1.90. The second kappa shape index (κ2) is 12.6. The third-order valence-electron chi connectivity index (χ3n) is 5.61. The summed E-state index contributed by atoms with van der Waals surface area (Å²) in [6.07, 6.45) is -0.501. The van der Waals surface area contributed by atoms with E-state index in [1.165, 1.54) is 0 Å². The molecule has 11 heteroatoms. The fraction of sp³-hybridized carbons (Fsp3) is 0.231. The van der Waals surface area contributed by atoms with Crippen LogP contribution in [0.1, 0.15) is 17.5 Å². The van der Waals surface area contributed by atoms with Crippen molar-refractivity contribution in [2.75, 3.05) is 7.11 Å². The lowest BCUT2D eigenvalue weighted by Crippen LogP contribution is -2.51. The molecular weight excluding hydrogens is 500 g/mol. The van der Waals surface area contributed by atoms with Crippen molar-refractivity contribution in [3.8, 4) is 0 Å². The van der Waals surface area contributed by atoms with Gasteiger partial charge in [-0.3, -0.25) is 14.9 Å². The number of hydrogen-bond acceptors (Lipinski definition) is 8. The molecule has 0 saturated carbocycles. The van der Waals surface area contributed by atoms with E-state index < -0.39 is 38.1 Å². The predicted molar refractivity (Wildman–Crippen MR) is 134 cm³/mol. The number of non-ortho nitro benzene ring substituents is 1. The smallest absolute Gasteiger partial charge is 0.407 e. The van der Waals surface area contributed by atoms with Gasteiger partial charge in [-0.2, -0.15) is 0 Å². The number of nitrogens with one attached hydrogen (secondary N) is 1. The predicted octanol–water partition coefficient (Wildman–Crippen LogP) is 3.84. The molecule has 0 aromatic heterocycles. The maximum atomic E-state index is 13.6. The van der Waals surface area contributed by atoms with Gasteiger partial charge in [0, 0.05) is 12.1 Å². The van der Waals surface area contributed by atoms with Crippen LogP contribution in [0.3, 0.4) is 0 Å². The second-order valence-electron chi connectivity index (χ2n) is 8.08. The van der Waals surface area contributed by atoms with Crippen molar-refractivity contribution in [3.05, 3.63) is 106 Å². The van der Waals surface area contributed by atoms with Crippen molar-refractivity contribution in [2.24, 2.45) is 0 Å². The van der Waals surface area contributed by atoms with E-state index in [-0.39, 0.29) is 23.6 Å². The molecule has 37 heavy (non-hydrogen) atoms. The summed E-state index contributed by atoms with van der Waals surface area (Å²) in [5, 5.41) is 11.7. The second-order valence-corrected chi connectivity index (χ2v) is 10.1. The van der Waals surface area contributed by atoms with Gasteiger partial charge in [0.25, 0.3) is 5.69 Å². The Labute approximate surface area is 214 Å². The van der Waals surface area contributed by atoms with Crippen LogP contribution in [0.5, 0.6) is 0 Å². The molecule has 0 radical (unpaired) electrons. The van der Waals surface area contributed by atoms with E-state index >= 15 is 0 Å². The van der Waals surface area contributed by atoms with Gasteiger partial charge in [-0.05, 0) is 36.1 Å². The average Bonchev–Trinajstić information content (AvgIpc) is 2.91. The van der Waals surface area contributed by atoms with Crippen LogP contribution in [0.4, 0.5) is 10.5 Å². The van der Waals surface area contributed by atoms with E-state index in [2.05, 4.69) is 5.32 Å². The van der Waals surface area contributed by atoms with Crippen molar-refractivity contribution in [1.29, 1.82) is 0 Å². The van der Waals surface area contributed by atoms with Crippen LogP contribution in [-0.2, 0) is 37.1 Å². The molecule has 194 valence electrons. The molecule has 1 amide bonds. The van der Waals surface area contributed by atoms with Gasteiger partial charge in [0.1, 0.15) is 6.61 Å². The van der Waals surface area contributed by atoms with E-state index in [0.29, 0.717) is 6.42 Å². The standard InChI is InChI=1S/C26H26N2O8S/c1-35-25(29)24(37(33,34)22-15-13-21(14-16-22)28(31)32)23(17-12-19-8-4-2-5-9-19)27-26(30)36-18-20-10-6-3-7-11-20/h2-11,13-16,23-24H,12,17-18H2,1H3,(H,27,30)/t23-,24?/m0/s1. The van der Waals surface area contributed by atoms with Gasteiger partial charge in [-0.25, -0.2) is 13.2 Å². The first-order chi connectivity index (χ1) is 17.7. The highest BCUT2D eigenvalue weighted by atomic mass is 32.2. The molecule has 0 heterocycles. The lowest BCUT2D eigenvalue weighted by Gasteiger charge is -2.26. The van der Waals surface area contributed by atoms with Gasteiger partial charge in [0.15, 0.2) is 15.1 Å². The van der Waals surface area contributed by atoms with Crippen molar-refractivity contribution in [3.63, 3.8) is 0 Å². The highest BCUT2D eigenvalue weighted by Crippen LogP contribution is 2.25. The maximum Gasteiger partial charge on any atom is 0.407 e. The van der Waals surface area contributed by atoms with Crippen LogP contribution in [0.2, 0.25) is 0 Å². The van der Waals surface area contributed by atoms with Crippen molar-refractivity contribution >= 4 is 27.6 Å². The first-order valence-electron chi connectivity index (χ1n) is 11.3. The zero-order valence-corrected chi connectivity index (χ0v) is 20.8. The number of aryl methyl sites for hydroxylation is 1. The number of rotatable bonds is 11. The Morgan fingerprint density at radius 2 is 1.49 bits per heavy atom. The summed E-state index contributed by atoms with van der Waals surface area (Å²) in [7, 11) is -3.39. The molecule has 0 fully saturated rings. The monoisotopic (exact) mass is 526 g/mol. The minimum Gasteiger partial charge on any atom is -0.468 e. The Bertz CT molecular complexity index is 1310. The Kier molecular flexibility index (Phi) is 9.33. The van der Waals surface area contributed by atoms with Gasteiger partial charge in [-0.15, -0.1) is 0 Å². The quantitative estimate of drug-likeness (QED) is 0.226. The van der Waals surface area contributed by atoms with Gasteiger partial charge in [-0.1, -0.05) is 60.7 Å². The summed E-state index contributed by atoms with van der Waals surface area (Å²) in [5.41, 5.74) is 1.28. The van der Waals surface area contributed by atoms with Crippen molar-refractivity contribution in [1.82, 2.24) is 5.32 Å². The molecule has 0 spiro atoms. The number of benzene rings is 3. The van der Waals surface area contributed by atoms with Crippen LogP contribution < -0.4 is 5.32 Å². The average molecular weight is 527 g/mol. The van der Waals surface area contributed by atoms with E-state index in [1.54, 1.807) is 24.3 Å². The number of nitro groups is 1. The molecule has 3 aromatic rings. The molecule has 2 atom stereocenters. The molecule has 0 aliphatic heterocycles. The molecule has 3 rings (SSSR count). The largest absolute Gasteiger partial charge is 0.468 e. The number of esters is 1. The number of sulfone groups is 1. The summed E-state index contributed by atoms with van der Waals surface area (Å²) in [5.74, 6) is -1.08. The zero-order valence-electron chi connectivity index (χ0n) is 20.0. The van der Waals surface area contributed by atoms with E-state index in [1.807, 2.05) is 36.4 Å². The van der Waals surface area contributed by atoms with Crippen LogP contribution >= 0.6 is 0 Å². The number of alkyl carbamates (subject to hydrolysis) is 1. The summed E-state index contributed by atoms with van der Waals surface area (Å²) in [6.45, 7) is -0.0595. The third-order valence-corrected chi connectivity index (χ3v) is 7.73. The zero-order chi connectivity index (χ0) is 26.8. The minimum atomic E-state index is -4.44. The van der Waals surface area contributed by atoms with Crippen LogP contribution in [0, 0.1) is 10.1 Å². The number of nitro benzene ring substituents is 1. The van der Waals surface area contributed by atoms with E-state index in [9.17, 15) is 28.1 Å². The molecule has 1 N–H and O–H groups in total. The molecular formula is C26H26N2O8S. The molecule has 10 nitrogen and oxygen atoms in total. The Morgan fingerprint density at radius 3 is 2.03 bits per heavy atom. The lowest BCUT2D eigenvalue weighted by atomic mass is 10.0. The maximum absolute atomic E-state index is 13.6. The molecule has 0 bridgehead atoms. The summed E-state index contributed by atoms with van der Waals surface area (Å²) >= 11 is 0. The highest BCUT2D eigenvalue weighted by Gasteiger charge is 2.42. The van der Waals surface area contributed by atoms with Crippen LogP contribution in [0.25, 0.3) is 0 Å². The SMILES string of the molecule is COC(=O)C([C@H](CCc1ccccc1)NC(=O)OCc1ccccc1)S(=O)(=O)c1ccc([N+](=O)[O-])cc1. The number of ether oxygens (including phenoxy) is 2. The first-order valence-corrected chi connectivity index (χ1v) is 12.8. The van der Waals surface area contributed by atoms with Crippen molar-refractivity contribution in [2.45, 2.75) is 35.6 Å². The molecule has 1 unspecified atom stereocenters. The Morgan fingerprint density at radius 1 is 0.919 bits per heavy atom. The van der Waals surface area contributed by atoms with Gasteiger partial charge < -0.3 is 14.8 Å². The third kappa shape index (κ3) is 7.37. The lowest BCUT2D eigenvalue weighted by molar-refractivity contribution is -0.384. The molecule has 0 aliphatic carbocycles. The fourth-order valence-electron chi connectivity index (χ4n) is 3.71. The number of hydrogen-bond donors (Lipinski definition) is 1. The minimum absolute atomic E-state index is 0.0595. The van der Waals surface area contributed by atoms with E-state index in [4.69, 9.17) is 9.47 Å². The Hall–Kier alpha value is -4.25. The normalized spacial score (nSPS) is 12.7. The number of carbonyl (C=O) groups is 2. The fourth-order valence-corrected chi connectivity index (χ4v) is 5.50. The van der Waals surface area contributed by atoms with Crippen molar-refractivity contribution < 1.29 is 32.4 Å². The van der Waals surface area contributed by atoms with Gasteiger partial charge in [0.05, 0.1) is 23.0 Å². The first kappa shape index (κ1) is 27.3. The number of carbonyl (C=O) groups excluding carboxylic acids is 2. The number of amides is 1. The number of nitrogens with zero attached hydrogens (tertiary/aromatic N) is 1. The summed E-state index contributed by atoms with van der Waals surface area (Å²) < 4.78 is 37.2. The van der Waals surface area contributed by atoms with Crippen LogP contribution in [0.15, 0.2) is 89.8 Å². The van der Waals surface area contributed by atoms with Gasteiger partial charge >= 0.3 is 12.1 Å². The van der Waals surface area contributed by atoms with Crippen LogP contribution in [-0.4, -0.2) is 43.8 Å². The van der Waals surface area contributed by atoms with E-state index in [0.717, 1.165) is 42.5 Å². The van der Waals surface area contributed by atoms with Gasteiger partial charge in [0.2, 0.25) is 0 Å². The summed E-state index contributed by atoms with van der Waals surface area (Å²) in [4.78, 5) is 35.5. The number of methoxy groups -OCH3 is 1. The molecule has 0 aliphatic rings. The molecule has 0 saturated heterocycles. The summed E-state index contributed by atoms with van der Waals surface area (Å²) in [6, 6.07) is 21.0. The highest BCUT2D eigenvalue weighted by molar-refractivity contribution is 7.92.